The lowest BCUT2D eigenvalue weighted by atomic mass is 10.1. The predicted molar refractivity (Wildman–Crippen MR) is 208 cm³/mol. The molecule has 2 saturated heterocycles. The van der Waals surface area contributed by atoms with Gasteiger partial charge in [-0.2, -0.15) is 0 Å². The third kappa shape index (κ3) is 6.15. The molecule has 4 aromatic carbocycles. The number of benzene rings is 4. The average Bonchev–Trinajstić information content (AvgIpc) is 3.91. The fraction of sp³-hybridized carbons (Fsp3) is 0.415. The Morgan fingerprint density at radius 1 is 0.404 bits per heavy atom. The Bertz CT molecular complexity index is 1580. The van der Waals surface area contributed by atoms with Gasteiger partial charge in [0, 0.05) is 23.0 Å². The maximum absolute atomic E-state index is 6.28. The van der Waals surface area contributed by atoms with Crippen molar-refractivity contribution in [3.05, 3.63) is 107 Å². The molecule has 0 atom stereocenters. The fourth-order valence-electron chi connectivity index (χ4n) is 7.81. The summed E-state index contributed by atoms with van der Waals surface area (Å²) in [5.74, 6) is 6.91. The van der Waals surface area contributed by atoms with Gasteiger partial charge in [-0.15, -0.1) is 47.0 Å². The van der Waals surface area contributed by atoms with Crippen LogP contribution in [0.4, 0.5) is 0 Å². The highest BCUT2D eigenvalue weighted by atomic mass is 32.2. The molecule has 0 amide bonds. The largest absolute Gasteiger partial charge is 0.494 e. The zero-order chi connectivity index (χ0) is 31.5. The molecule has 2 aliphatic carbocycles. The first-order chi connectivity index (χ1) is 23.3. The van der Waals surface area contributed by atoms with Crippen molar-refractivity contribution >= 4 is 47.0 Å². The van der Waals surface area contributed by atoms with Gasteiger partial charge in [-0.1, -0.05) is 106 Å². The van der Waals surface area contributed by atoms with E-state index in [0.717, 1.165) is 37.6 Å². The topological polar surface area (TPSA) is 18.5 Å². The van der Waals surface area contributed by atoms with E-state index < -0.39 is 0 Å². The summed E-state index contributed by atoms with van der Waals surface area (Å²) in [5, 5.41) is 0. The van der Waals surface area contributed by atoms with Crippen LogP contribution in [0.15, 0.2) is 84.9 Å². The Balaban J connectivity index is 0.703. The van der Waals surface area contributed by atoms with Crippen molar-refractivity contribution in [2.45, 2.75) is 65.9 Å². The quantitative estimate of drug-likeness (QED) is 0.121. The Labute approximate surface area is 298 Å². The third-order valence-electron chi connectivity index (χ3n) is 10.0. The summed E-state index contributed by atoms with van der Waals surface area (Å²) in [6.45, 7) is 1.63. The monoisotopic (exact) mass is 696 g/mol. The van der Waals surface area contributed by atoms with Gasteiger partial charge in [-0.05, 0) is 81.6 Å². The molecule has 244 valence electrons. The second kappa shape index (κ2) is 14.4. The maximum Gasteiger partial charge on any atom is 0.119 e. The summed E-state index contributed by atoms with van der Waals surface area (Å²) in [4.78, 5) is 0. The molecule has 2 nitrogen and oxygen atoms in total. The lowest BCUT2D eigenvalue weighted by Gasteiger charge is -2.24. The van der Waals surface area contributed by atoms with Crippen molar-refractivity contribution in [3.63, 3.8) is 0 Å². The van der Waals surface area contributed by atoms with Gasteiger partial charge in [0.15, 0.2) is 0 Å². The number of ether oxygens (including phenoxy) is 2. The van der Waals surface area contributed by atoms with E-state index in [1.54, 1.807) is 0 Å². The number of hydrogen-bond donors (Lipinski definition) is 0. The Kier molecular flexibility index (Phi) is 9.83. The van der Waals surface area contributed by atoms with Crippen LogP contribution in [0, 0.1) is 0 Å². The Hall–Kier alpha value is -2.12. The van der Waals surface area contributed by atoms with E-state index >= 15 is 0 Å². The van der Waals surface area contributed by atoms with E-state index in [9.17, 15) is 0 Å². The molecule has 2 aliphatic heterocycles. The Morgan fingerprint density at radius 2 is 0.766 bits per heavy atom. The summed E-state index contributed by atoms with van der Waals surface area (Å²) in [7, 11) is 0. The van der Waals surface area contributed by atoms with Crippen LogP contribution >= 0.6 is 47.0 Å². The predicted octanol–water partition coefficient (Wildman–Crippen LogP) is 12.0. The number of rotatable bonds is 14. The number of thioether (sulfide) groups is 4. The van der Waals surface area contributed by atoms with E-state index in [-0.39, 0.29) is 8.16 Å². The maximum atomic E-state index is 6.28. The van der Waals surface area contributed by atoms with Gasteiger partial charge < -0.3 is 9.47 Å². The highest BCUT2D eigenvalue weighted by molar-refractivity contribution is 8.21. The zero-order valence-electron chi connectivity index (χ0n) is 27.1. The van der Waals surface area contributed by atoms with Gasteiger partial charge in [0.05, 0.1) is 13.2 Å². The number of fused-ring (bicyclic) bond motifs is 10. The van der Waals surface area contributed by atoms with E-state index in [1.807, 2.05) is 0 Å². The first-order valence-corrected chi connectivity index (χ1v) is 21.5. The standard InChI is InChI=1S/C41H44O2S4/c1(2-4-6-12-22-42-30-18-20-34-32-14-8-10-16-36(32)40(38(34)28-30)44-24-25-45-40)3-5-7-13-23-43-31-19-21-35-33-15-9-11-17-37(33)41(39(35)29-31)46-26-27-47-41/h8-11,14-21,28-29H,1-7,12-13,22-27H2. The molecule has 0 N–H and O–H groups in total. The summed E-state index contributed by atoms with van der Waals surface area (Å²) >= 11 is 8.39. The fourth-order valence-corrected chi connectivity index (χ4v) is 14.6. The van der Waals surface area contributed by atoms with Crippen LogP contribution in [0.25, 0.3) is 22.3 Å². The molecule has 0 radical (unpaired) electrons. The van der Waals surface area contributed by atoms with Crippen LogP contribution in [0.3, 0.4) is 0 Å². The van der Waals surface area contributed by atoms with E-state index in [4.69, 9.17) is 9.47 Å². The van der Waals surface area contributed by atoms with Gasteiger partial charge in [-0.3, -0.25) is 0 Å². The van der Waals surface area contributed by atoms with Crippen molar-refractivity contribution in [2.24, 2.45) is 0 Å². The third-order valence-corrected chi connectivity index (χ3v) is 17.0. The molecule has 4 aliphatic rings. The summed E-state index contributed by atoms with van der Waals surface area (Å²) in [6, 6.07) is 31.6. The van der Waals surface area contributed by atoms with Crippen LogP contribution in [-0.4, -0.2) is 36.2 Å². The van der Waals surface area contributed by atoms with Gasteiger partial charge in [-0.25, -0.2) is 0 Å². The van der Waals surface area contributed by atoms with E-state index in [0.29, 0.717) is 0 Å². The van der Waals surface area contributed by atoms with Crippen LogP contribution in [0.2, 0.25) is 0 Å². The lowest BCUT2D eigenvalue weighted by Crippen LogP contribution is -2.12. The van der Waals surface area contributed by atoms with Crippen molar-refractivity contribution < 1.29 is 9.47 Å². The van der Waals surface area contributed by atoms with Gasteiger partial charge in [0.25, 0.3) is 0 Å². The summed E-state index contributed by atoms with van der Waals surface area (Å²) < 4.78 is 12.7. The molecule has 6 heteroatoms. The van der Waals surface area contributed by atoms with Gasteiger partial charge in [0.1, 0.15) is 19.7 Å². The first kappa shape index (κ1) is 32.1. The van der Waals surface area contributed by atoms with Gasteiger partial charge >= 0.3 is 0 Å². The lowest BCUT2D eigenvalue weighted by molar-refractivity contribution is 0.302. The minimum Gasteiger partial charge on any atom is -0.494 e. The molecule has 2 heterocycles. The number of unbranched alkanes of at least 4 members (excludes halogenated alkanes) is 8. The summed E-state index contributed by atoms with van der Waals surface area (Å²) in [5.41, 5.74) is 11.4. The molecular formula is C41H44O2S4. The highest BCUT2D eigenvalue weighted by Crippen LogP contribution is 2.65. The zero-order valence-corrected chi connectivity index (χ0v) is 30.4. The molecule has 0 saturated carbocycles. The smallest absolute Gasteiger partial charge is 0.119 e. The van der Waals surface area contributed by atoms with Crippen molar-refractivity contribution in [1.82, 2.24) is 0 Å². The van der Waals surface area contributed by atoms with Crippen LogP contribution in [-0.2, 0) is 8.16 Å². The minimum absolute atomic E-state index is 0.0607. The van der Waals surface area contributed by atoms with E-state index in [1.165, 1.54) is 112 Å². The molecule has 0 aromatic heterocycles. The Morgan fingerprint density at radius 3 is 1.19 bits per heavy atom. The van der Waals surface area contributed by atoms with Crippen molar-refractivity contribution in [3.8, 4) is 33.8 Å². The average molecular weight is 697 g/mol. The molecule has 0 unspecified atom stereocenters. The van der Waals surface area contributed by atoms with E-state index in [2.05, 4.69) is 132 Å². The normalized spacial score (nSPS) is 17.5. The first-order valence-electron chi connectivity index (χ1n) is 17.6. The van der Waals surface area contributed by atoms with Crippen molar-refractivity contribution in [1.29, 1.82) is 0 Å². The molecule has 2 spiro atoms. The molecule has 4 aromatic rings. The molecular weight excluding hydrogens is 653 g/mol. The molecule has 47 heavy (non-hydrogen) atoms. The number of hydrogen-bond acceptors (Lipinski definition) is 6. The SMILES string of the molecule is c1ccc2c(c1)-c1ccc(OCCCCCCCCCCCOc3ccc4c(c3)C3(SCCS3)c3ccccc3-4)cc1C21SCCS1. The van der Waals surface area contributed by atoms with Crippen molar-refractivity contribution in [2.75, 3.05) is 36.2 Å². The molecule has 8 rings (SSSR count). The second-order valence-corrected chi connectivity index (χ2v) is 18.8. The highest BCUT2D eigenvalue weighted by Gasteiger charge is 2.48. The van der Waals surface area contributed by atoms with Gasteiger partial charge in [0.2, 0.25) is 0 Å². The van der Waals surface area contributed by atoms with Crippen LogP contribution in [0.1, 0.15) is 80.0 Å². The minimum atomic E-state index is 0.0607. The molecule has 2 fully saturated rings. The molecule has 0 bridgehead atoms. The van der Waals surface area contributed by atoms with Crippen LogP contribution < -0.4 is 9.47 Å². The summed E-state index contributed by atoms with van der Waals surface area (Å²) in [6.07, 6.45) is 11.4. The second-order valence-electron chi connectivity index (χ2n) is 13.0. The van der Waals surface area contributed by atoms with Crippen LogP contribution in [0.5, 0.6) is 11.5 Å².